The van der Waals surface area contributed by atoms with E-state index in [4.69, 9.17) is 16.3 Å². The Bertz CT molecular complexity index is 750. The number of hydrogen-bond acceptors (Lipinski definition) is 3. The molecule has 0 aliphatic heterocycles. The van der Waals surface area contributed by atoms with Crippen molar-refractivity contribution in [3.05, 3.63) is 53.3 Å². The summed E-state index contributed by atoms with van der Waals surface area (Å²) in [5.41, 5.74) is 0.184. The lowest BCUT2D eigenvalue weighted by molar-refractivity contribution is 0.339. The van der Waals surface area contributed by atoms with Crippen molar-refractivity contribution < 1.29 is 17.5 Å². The molecule has 0 fully saturated rings. The largest absolute Gasteiger partial charge is 0.494 e. The van der Waals surface area contributed by atoms with E-state index in [-0.39, 0.29) is 15.6 Å². The van der Waals surface area contributed by atoms with E-state index in [0.29, 0.717) is 12.4 Å². The Labute approximate surface area is 127 Å². The van der Waals surface area contributed by atoms with Crippen LogP contribution in [0.4, 0.5) is 10.1 Å². The summed E-state index contributed by atoms with van der Waals surface area (Å²) in [6.07, 6.45) is 0. The molecule has 0 radical (unpaired) electrons. The van der Waals surface area contributed by atoms with E-state index in [0.717, 1.165) is 6.07 Å². The maximum atomic E-state index is 13.1. The molecule has 0 spiro atoms. The minimum absolute atomic E-state index is 0.0499. The van der Waals surface area contributed by atoms with Gasteiger partial charge >= 0.3 is 0 Å². The quantitative estimate of drug-likeness (QED) is 0.910. The first-order valence-electron chi connectivity index (χ1n) is 6.13. The van der Waals surface area contributed by atoms with Crippen molar-refractivity contribution in [3.8, 4) is 5.75 Å². The highest BCUT2D eigenvalue weighted by Crippen LogP contribution is 2.23. The molecule has 0 aromatic heterocycles. The lowest BCUT2D eigenvalue weighted by Gasteiger charge is -2.10. The summed E-state index contributed by atoms with van der Waals surface area (Å²) in [6.45, 7) is 2.24. The van der Waals surface area contributed by atoms with E-state index < -0.39 is 15.8 Å². The fraction of sp³-hybridized carbons (Fsp3) is 0.143. The van der Waals surface area contributed by atoms with Crippen LogP contribution in [0.1, 0.15) is 6.92 Å². The lowest BCUT2D eigenvalue weighted by atomic mass is 10.3. The van der Waals surface area contributed by atoms with Crippen LogP contribution in [0.25, 0.3) is 0 Å². The van der Waals surface area contributed by atoms with Crippen LogP contribution in [0.15, 0.2) is 47.4 Å². The number of halogens is 2. The second-order valence-corrected chi connectivity index (χ2v) is 6.23. The van der Waals surface area contributed by atoms with Gasteiger partial charge in [0.1, 0.15) is 11.6 Å². The molecule has 21 heavy (non-hydrogen) atoms. The molecule has 2 rings (SSSR count). The first-order chi connectivity index (χ1) is 9.92. The first-order valence-corrected chi connectivity index (χ1v) is 7.99. The van der Waals surface area contributed by atoms with Crippen LogP contribution >= 0.6 is 11.6 Å². The Kier molecular flexibility index (Phi) is 4.69. The van der Waals surface area contributed by atoms with E-state index >= 15 is 0 Å². The van der Waals surface area contributed by atoms with Crippen molar-refractivity contribution in [3.63, 3.8) is 0 Å². The summed E-state index contributed by atoms with van der Waals surface area (Å²) in [7, 11) is -3.79. The minimum Gasteiger partial charge on any atom is -0.494 e. The van der Waals surface area contributed by atoms with Crippen LogP contribution in [-0.2, 0) is 10.0 Å². The second-order valence-electron chi connectivity index (χ2n) is 4.14. The molecule has 0 unspecified atom stereocenters. The predicted octanol–water partition coefficient (Wildman–Crippen LogP) is 3.68. The van der Waals surface area contributed by atoms with Crippen LogP contribution < -0.4 is 9.46 Å². The van der Waals surface area contributed by atoms with Crippen molar-refractivity contribution in [2.24, 2.45) is 0 Å². The van der Waals surface area contributed by atoms with Gasteiger partial charge in [0.15, 0.2) is 0 Å². The molecule has 0 amide bonds. The highest BCUT2D eigenvalue weighted by molar-refractivity contribution is 7.92. The minimum atomic E-state index is -3.79. The highest BCUT2D eigenvalue weighted by atomic mass is 35.5. The van der Waals surface area contributed by atoms with Gasteiger partial charge in [-0.3, -0.25) is 4.72 Å². The van der Waals surface area contributed by atoms with Crippen molar-refractivity contribution in [2.75, 3.05) is 11.3 Å². The van der Waals surface area contributed by atoms with E-state index in [2.05, 4.69) is 4.72 Å². The average Bonchev–Trinajstić information content (AvgIpc) is 2.43. The van der Waals surface area contributed by atoms with Crippen LogP contribution in [0, 0.1) is 5.82 Å². The second kappa shape index (κ2) is 6.32. The van der Waals surface area contributed by atoms with Gasteiger partial charge in [0.2, 0.25) is 0 Å². The number of anilines is 1. The van der Waals surface area contributed by atoms with E-state index in [1.807, 2.05) is 0 Å². The van der Waals surface area contributed by atoms with Crippen LogP contribution in [-0.4, -0.2) is 15.0 Å². The van der Waals surface area contributed by atoms with E-state index in [9.17, 15) is 12.8 Å². The van der Waals surface area contributed by atoms with E-state index in [1.165, 1.54) is 24.3 Å². The van der Waals surface area contributed by atoms with Gasteiger partial charge in [-0.25, -0.2) is 12.8 Å². The Morgan fingerprint density at radius 1 is 1.24 bits per heavy atom. The Morgan fingerprint density at radius 3 is 2.67 bits per heavy atom. The number of nitrogens with one attached hydrogen (secondary N) is 1. The van der Waals surface area contributed by atoms with Gasteiger partial charge < -0.3 is 4.74 Å². The molecule has 0 saturated heterocycles. The third kappa shape index (κ3) is 3.86. The molecule has 1 N–H and O–H groups in total. The molecule has 7 heteroatoms. The van der Waals surface area contributed by atoms with Crippen LogP contribution in [0.2, 0.25) is 5.02 Å². The third-order valence-electron chi connectivity index (χ3n) is 2.60. The highest BCUT2D eigenvalue weighted by Gasteiger charge is 2.15. The molecule has 112 valence electrons. The molecular formula is C14H13ClFNO3S. The summed E-state index contributed by atoms with van der Waals surface area (Å²) < 4.78 is 45.2. The normalized spacial score (nSPS) is 11.2. The zero-order valence-electron chi connectivity index (χ0n) is 11.1. The summed E-state index contributed by atoms with van der Waals surface area (Å²) in [5.74, 6) is -0.157. The standard InChI is InChI=1S/C14H13ClFNO3S/c1-2-20-11-4-3-5-12(9-11)21(18,19)17-10-6-7-14(16)13(15)8-10/h3-9,17H,2H2,1H3. The molecule has 0 heterocycles. The Morgan fingerprint density at radius 2 is 2.00 bits per heavy atom. The predicted molar refractivity (Wildman–Crippen MR) is 79.8 cm³/mol. The summed E-state index contributed by atoms with van der Waals surface area (Å²) in [5, 5.41) is -0.154. The zero-order chi connectivity index (χ0) is 15.5. The van der Waals surface area contributed by atoms with E-state index in [1.54, 1.807) is 19.1 Å². The molecule has 0 saturated carbocycles. The number of ether oxygens (including phenoxy) is 1. The fourth-order valence-corrected chi connectivity index (χ4v) is 2.94. The van der Waals surface area contributed by atoms with Crippen molar-refractivity contribution in [1.82, 2.24) is 0 Å². The van der Waals surface area contributed by atoms with Crippen molar-refractivity contribution >= 4 is 27.3 Å². The fourth-order valence-electron chi connectivity index (χ4n) is 1.67. The molecule has 0 atom stereocenters. The molecule has 2 aromatic carbocycles. The topological polar surface area (TPSA) is 55.4 Å². The van der Waals surface area contributed by atoms with Gasteiger partial charge in [0.05, 0.1) is 22.2 Å². The monoisotopic (exact) mass is 329 g/mol. The number of benzene rings is 2. The van der Waals surface area contributed by atoms with Gasteiger partial charge in [-0.1, -0.05) is 17.7 Å². The van der Waals surface area contributed by atoms with Gasteiger partial charge in [0, 0.05) is 6.07 Å². The smallest absolute Gasteiger partial charge is 0.262 e. The zero-order valence-corrected chi connectivity index (χ0v) is 12.7. The molecule has 0 aliphatic rings. The van der Waals surface area contributed by atoms with Crippen molar-refractivity contribution in [2.45, 2.75) is 11.8 Å². The number of rotatable bonds is 5. The van der Waals surface area contributed by atoms with Gasteiger partial charge in [-0.15, -0.1) is 0 Å². The molecule has 2 aromatic rings. The summed E-state index contributed by atoms with van der Waals surface area (Å²) in [4.78, 5) is 0.0499. The molecule has 0 aliphatic carbocycles. The van der Waals surface area contributed by atoms with Crippen molar-refractivity contribution in [1.29, 1.82) is 0 Å². The maximum Gasteiger partial charge on any atom is 0.262 e. The first kappa shape index (κ1) is 15.6. The van der Waals surface area contributed by atoms with Gasteiger partial charge in [-0.2, -0.15) is 0 Å². The molecule has 4 nitrogen and oxygen atoms in total. The maximum absolute atomic E-state index is 13.1. The molecule has 0 bridgehead atoms. The lowest BCUT2D eigenvalue weighted by Crippen LogP contribution is -2.13. The summed E-state index contributed by atoms with van der Waals surface area (Å²) in [6, 6.07) is 9.70. The SMILES string of the molecule is CCOc1cccc(S(=O)(=O)Nc2ccc(F)c(Cl)c2)c1. The Hall–Kier alpha value is -1.79. The number of sulfonamides is 1. The van der Waals surface area contributed by atoms with Gasteiger partial charge in [0.25, 0.3) is 10.0 Å². The molecular weight excluding hydrogens is 317 g/mol. The Balaban J connectivity index is 2.29. The van der Waals surface area contributed by atoms with Gasteiger partial charge in [-0.05, 0) is 37.3 Å². The third-order valence-corrected chi connectivity index (χ3v) is 4.27. The summed E-state index contributed by atoms with van der Waals surface area (Å²) >= 11 is 5.63. The van der Waals surface area contributed by atoms with Crippen LogP contribution in [0.3, 0.4) is 0 Å². The van der Waals surface area contributed by atoms with Crippen LogP contribution in [0.5, 0.6) is 5.75 Å². The average molecular weight is 330 g/mol. The number of hydrogen-bond donors (Lipinski definition) is 1.